The standard InChI is InChI=1S/C31H40N4O5/c1-7-39-24-19-22(12-13-23(24)40-18-14-20(2)3)28-26(30(37)31(38)35(28)17-10-15-33(5)6)29(36)27-21(4)32-25-11-8-9-16-34(25)27/h8-9,11-13,16,19-20,28,36H,7,10,14-15,17-18H2,1-6H3/b29-26+. The van der Waals surface area contributed by atoms with Crippen molar-refractivity contribution < 1.29 is 24.2 Å². The van der Waals surface area contributed by atoms with Gasteiger partial charge in [-0.1, -0.05) is 26.0 Å². The Kier molecular flexibility index (Phi) is 9.14. The van der Waals surface area contributed by atoms with Crippen molar-refractivity contribution in [1.82, 2.24) is 19.2 Å². The van der Waals surface area contributed by atoms with Crippen molar-refractivity contribution >= 4 is 23.1 Å². The van der Waals surface area contributed by atoms with Gasteiger partial charge in [0.05, 0.1) is 30.5 Å². The van der Waals surface area contributed by atoms with Crippen molar-refractivity contribution in [3.05, 3.63) is 65.1 Å². The number of ketones is 1. The molecule has 1 aliphatic rings. The Labute approximate surface area is 236 Å². The Hall–Kier alpha value is -3.85. The zero-order chi connectivity index (χ0) is 29.0. The minimum Gasteiger partial charge on any atom is -0.505 e. The molecule has 1 saturated heterocycles. The van der Waals surface area contributed by atoms with Crippen molar-refractivity contribution in [2.45, 2.75) is 46.6 Å². The Bertz CT molecular complexity index is 1410. The first-order chi connectivity index (χ1) is 19.1. The van der Waals surface area contributed by atoms with E-state index in [-0.39, 0.29) is 11.3 Å². The van der Waals surface area contributed by atoms with E-state index in [1.807, 2.05) is 62.3 Å². The molecule has 0 aliphatic carbocycles. The number of aliphatic hydroxyl groups excluding tert-OH is 1. The molecule has 4 rings (SSSR count). The second kappa shape index (κ2) is 12.6. The summed E-state index contributed by atoms with van der Waals surface area (Å²) in [4.78, 5) is 35.1. The number of aryl methyl sites for hydroxylation is 1. The van der Waals surface area contributed by atoms with Crippen LogP contribution in [0.5, 0.6) is 11.5 Å². The van der Waals surface area contributed by atoms with Gasteiger partial charge in [-0.3, -0.25) is 14.0 Å². The van der Waals surface area contributed by atoms with E-state index in [1.54, 1.807) is 22.4 Å². The maximum absolute atomic E-state index is 13.6. The smallest absolute Gasteiger partial charge is 0.295 e. The fourth-order valence-electron chi connectivity index (χ4n) is 5.03. The second-order valence-corrected chi connectivity index (χ2v) is 10.8. The molecule has 1 aromatic carbocycles. The van der Waals surface area contributed by atoms with E-state index in [0.29, 0.717) is 66.2 Å². The molecule has 1 atom stereocenters. The van der Waals surface area contributed by atoms with Crippen molar-refractivity contribution in [3.63, 3.8) is 0 Å². The molecule has 1 unspecified atom stereocenters. The fraction of sp³-hybridized carbons (Fsp3) is 0.452. The predicted molar refractivity (Wildman–Crippen MR) is 155 cm³/mol. The van der Waals surface area contributed by atoms with E-state index < -0.39 is 17.7 Å². The minimum absolute atomic E-state index is 0.0412. The third kappa shape index (κ3) is 5.99. The number of benzene rings is 1. The highest BCUT2D eigenvalue weighted by atomic mass is 16.5. The quantitative estimate of drug-likeness (QED) is 0.197. The van der Waals surface area contributed by atoms with Crippen LogP contribution in [-0.2, 0) is 9.59 Å². The van der Waals surface area contributed by atoms with Gasteiger partial charge in [-0.25, -0.2) is 4.98 Å². The first-order valence-corrected chi connectivity index (χ1v) is 13.9. The molecule has 2 aromatic heterocycles. The number of aliphatic hydroxyl groups is 1. The van der Waals surface area contributed by atoms with Crippen LogP contribution in [0, 0.1) is 12.8 Å². The molecular weight excluding hydrogens is 508 g/mol. The average molecular weight is 549 g/mol. The summed E-state index contributed by atoms with van der Waals surface area (Å²) < 4.78 is 13.7. The van der Waals surface area contributed by atoms with Gasteiger partial charge < -0.3 is 24.4 Å². The van der Waals surface area contributed by atoms with Crippen LogP contribution in [0.2, 0.25) is 0 Å². The number of pyridine rings is 1. The Morgan fingerprint density at radius 1 is 1.12 bits per heavy atom. The van der Waals surface area contributed by atoms with Gasteiger partial charge in [0.25, 0.3) is 11.7 Å². The number of aromatic nitrogens is 2. The second-order valence-electron chi connectivity index (χ2n) is 10.8. The highest BCUT2D eigenvalue weighted by Gasteiger charge is 2.46. The number of nitrogens with zero attached hydrogens (tertiary/aromatic N) is 4. The fourth-order valence-corrected chi connectivity index (χ4v) is 5.03. The Balaban J connectivity index is 1.84. The lowest BCUT2D eigenvalue weighted by molar-refractivity contribution is -0.139. The summed E-state index contributed by atoms with van der Waals surface area (Å²) in [5, 5.41) is 11.7. The van der Waals surface area contributed by atoms with Crippen molar-refractivity contribution in [2.75, 3.05) is 40.4 Å². The maximum Gasteiger partial charge on any atom is 0.295 e. The number of hydrogen-bond acceptors (Lipinski definition) is 7. The maximum atomic E-state index is 13.6. The Morgan fingerprint density at radius 2 is 1.90 bits per heavy atom. The van der Waals surface area contributed by atoms with Crippen LogP contribution in [0.4, 0.5) is 0 Å². The van der Waals surface area contributed by atoms with Crippen molar-refractivity contribution in [1.29, 1.82) is 0 Å². The average Bonchev–Trinajstić information content (AvgIpc) is 3.37. The number of rotatable bonds is 12. The van der Waals surface area contributed by atoms with Crippen LogP contribution in [-0.4, -0.2) is 76.4 Å². The van der Waals surface area contributed by atoms with Crippen LogP contribution in [0.25, 0.3) is 11.4 Å². The van der Waals surface area contributed by atoms with Crippen molar-refractivity contribution in [2.24, 2.45) is 5.92 Å². The number of imidazole rings is 1. The lowest BCUT2D eigenvalue weighted by atomic mass is 9.95. The molecule has 3 aromatic rings. The number of amides is 1. The van der Waals surface area contributed by atoms with Crippen LogP contribution in [0.3, 0.4) is 0 Å². The van der Waals surface area contributed by atoms with E-state index in [2.05, 4.69) is 18.8 Å². The first-order valence-electron chi connectivity index (χ1n) is 13.9. The van der Waals surface area contributed by atoms with E-state index in [9.17, 15) is 14.7 Å². The molecule has 9 heteroatoms. The van der Waals surface area contributed by atoms with Crippen LogP contribution in [0.1, 0.15) is 56.6 Å². The topological polar surface area (TPSA) is 96.6 Å². The lowest BCUT2D eigenvalue weighted by Crippen LogP contribution is -2.32. The summed E-state index contributed by atoms with van der Waals surface area (Å²) in [7, 11) is 3.93. The largest absolute Gasteiger partial charge is 0.505 e. The lowest BCUT2D eigenvalue weighted by Gasteiger charge is -2.26. The van der Waals surface area contributed by atoms with Crippen LogP contribution >= 0.6 is 0 Å². The third-order valence-electron chi connectivity index (χ3n) is 7.01. The van der Waals surface area contributed by atoms with Gasteiger partial charge in [-0.15, -0.1) is 0 Å². The van der Waals surface area contributed by atoms with Crippen molar-refractivity contribution in [3.8, 4) is 11.5 Å². The SMILES string of the molecule is CCOc1cc(C2/C(=C(\O)c3c(C)nc4ccccn34)C(=O)C(=O)N2CCCN(C)C)ccc1OCCC(C)C. The molecule has 214 valence electrons. The zero-order valence-electron chi connectivity index (χ0n) is 24.3. The van der Waals surface area contributed by atoms with Gasteiger partial charge >= 0.3 is 0 Å². The molecule has 0 bridgehead atoms. The van der Waals surface area contributed by atoms with E-state index in [4.69, 9.17) is 9.47 Å². The zero-order valence-corrected chi connectivity index (χ0v) is 24.3. The molecule has 1 N–H and O–H groups in total. The molecule has 40 heavy (non-hydrogen) atoms. The van der Waals surface area contributed by atoms with Gasteiger partial charge in [-0.05, 0) is 83.1 Å². The summed E-state index contributed by atoms with van der Waals surface area (Å²) in [6, 6.07) is 10.2. The molecule has 1 fully saturated rings. The van der Waals surface area contributed by atoms with E-state index in [1.165, 1.54) is 0 Å². The number of fused-ring (bicyclic) bond motifs is 1. The molecule has 1 aliphatic heterocycles. The Morgan fingerprint density at radius 3 is 2.60 bits per heavy atom. The molecule has 0 saturated carbocycles. The number of ether oxygens (including phenoxy) is 2. The van der Waals surface area contributed by atoms with Gasteiger partial charge in [0.15, 0.2) is 17.3 Å². The monoisotopic (exact) mass is 548 g/mol. The normalized spacial score (nSPS) is 17.0. The summed E-state index contributed by atoms with van der Waals surface area (Å²) in [5.74, 6) is 0.0478. The minimum atomic E-state index is -0.792. The third-order valence-corrected chi connectivity index (χ3v) is 7.01. The molecule has 3 heterocycles. The molecule has 0 spiro atoms. The van der Waals surface area contributed by atoms with E-state index in [0.717, 1.165) is 13.0 Å². The highest BCUT2D eigenvalue weighted by molar-refractivity contribution is 6.46. The van der Waals surface area contributed by atoms with Gasteiger partial charge in [0.2, 0.25) is 0 Å². The summed E-state index contributed by atoms with van der Waals surface area (Å²) >= 11 is 0. The summed E-state index contributed by atoms with van der Waals surface area (Å²) in [6.45, 7) is 10.0. The van der Waals surface area contributed by atoms with Gasteiger partial charge in [0, 0.05) is 12.7 Å². The summed E-state index contributed by atoms with van der Waals surface area (Å²) in [5.41, 5.74) is 2.30. The van der Waals surface area contributed by atoms with E-state index >= 15 is 0 Å². The predicted octanol–water partition coefficient (Wildman–Crippen LogP) is 4.84. The molecule has 0 radical (unpaired) electrons. The number of likely N-dealkylation sites (tertiary alicyclic amines) is 1. The number of Topliss-reactive ketones (excluding diaryl/α,β-unsaturated/α-hetero) is 1. The molecule has 1 amide bonds. The number of carbonyl (C=O) groups is 2. The summed E-state index contributed by atoms with van der Waals surface area (Å²) in [6.07, 6.45) is 3.35. The number of hydrogen-bond donors (Lipinski definition) is 1. The first kappa shape index (κ1) is 29.1. The molecule has 9 nitrogen and oxygen atoms in total. The number of carbonyl (C=O) groups excluding carboxylic acids is 2. The van der Waals surface area contributed by atoms with Crippen LogP contribution in [0.15, 0.2) is 48.2 Å². The molecular formula is C31H40N4O5. The van der Waals surface area contributed by atoms with Gasteiger partial charge in [0.1, 0.15) is 11.3 Å². The highest BCUT2D eigenvalue weighted by Crippen LogP contribution is 2.42. The van der Waals surface area contributed by atoms with Gasteiger partial charge in [-0.2, -0.15) is 0 Å². The van der Waals surface area contributed by atoms with Crippen LogP contribution < -0.4 is 9.47 Å².